The Kier molecular flexibility index (Phi) is 5.04. The molecular formula is C16H17NOS. The third-order valence-electron chi connectivity index (χ3n) is 2.70. The van der Waals surface area contributed by atoms with E-state index in [1.165, 1.54) is 10.5 Å². The lowest BCUT2D eigenvalue weighted by atomic mass is 10.2. The maximum absolute atomic E-state index is 11.6. The van der Waals surface area contributed by atoms with Crippen LogP contribution in [-0.2, 0) is 5.75 Å². The van der Waals surface area contributed by atoms with Gasteiger partial charge in [0.2, 0.25) is 0 Å². The van der Waals surface area contributed by atoms with Crippen LogP contribution in [0.25, 0.3) is 0 Å². The Bertz CT molecular complexity index is 522. The van der Waals surface area contributed by atoms with Crippen molar-refractivity contribution in [2.75, 3.05) is 6.54 Å². The predicted molar refractivity (Wildman–Crippen MR) is 80.5 cm³/mol. The Morgan fingerprint density at radius 1 is 1.05 bits per heavy atom. The highest BCUT2D eigenvalue weighted by molar-refractivity contribution is 7.98. The number of benzene rings is 2. The molecule has 1 N–H and O–H groups in total. The van der Waals surface area contributed by atoms with E-state index in [-0.39, 0.29) is 5.91 Å². The minimum absolute atomic E-state index is 0.0119. The van der Waals surface area contributed by atoms with Gasteiger partial charge in [0.1, 0.15) is 0 Å². The van der Waals surface area contributed by atoms with E-state index >= 15 is 0 Å². The standard InChI is InChI=1S/C16H17NOS/c1-2-17-16(18)14-8-10-15(11-9-14)19-12-13-6-4-3-5-7-13/h3-11H,2,12H2,1H3,(H,17,18). The zero-order valence-corrected chi connectivity index (χ0v) is 11.7. The van der Waals surface area contributed by atoms with Crippen LogP contribution in [0, 0.1) is 0 Å². The molecule has 2 aromatic carbocycles. The molecule has 0 saturated heterocycles. The summed E-state index contributed by atoms with van der Waals surface area (Å²) < 4.78 is 0. The second-order valence-electron chi connectivity index (χ2n) is 4.16. The van der Waals surface area contributed by atoms with E-state index < -0.39 is 0 Å². The molecule has 0 saturated carbocycles. The summed E-state index contributed by atoms with van der Waals surface area (Å²) in [5.41, 5.74) is 2.02. The summed E-state index contributed by atoms with van der Waals surface area (Å²) in [4.78, 5) is 12.8. The first-order valence-electron chi connectivity index (χ1n) is 6.34. The summed E-state index contributed by atoms with van der Waals surface area (Å²) in [6.07, 6.45) is 0. The van der Waals surface area contributed by atoms with E-state index in [4.69, 9.17) is 0 Å². The lowest BCUT2D eigenvalue weighted by molar-refractivity contribution is 0.0956. The SMILES string of the molecule is CCNC(=O)c1ccc(SCc2ccccc2)cc1. The molecule has 0 aliphatic rings. The summed E-state index contributed by atoms with van der Waals surface area (Å²) in [6, 6.07) is 18.1. The third-order valence-corrected chi connectivity index (χ3v) is 3.79. The molecule has 0 spiro atoms. The van der Waals surface area contributed by atoms with Crippen molar-refractivity contribution in [3.63, 3.8) is 0 Å². The molecule has 0 radical (unpaired) electrons. The van der Waals surface area contributed by atoms with Gasteiger partial charge < -0.3 is 5.32 Å². The first-order chi connectivity index (χ1) is 9.29. The van der Waals surface area contributed by atoms with Crippen molar-refractivity contribution >= 4 is 17.7 Å². The van der Waals surface area contributed by atoms with Crippen LogP contribution in [0.4, 0.5) is 0 Å². The average molecular weight is 271 g/mol. The monoisotopic (exact) mass is 271 g/mol. The number of hydrogen-bond donors (Lipinski definition) is 1. The number of thioether (sulfide) groups is 1. The van der Waals surface area contributed by atoms with Gasteiger partial charge in [-0.3, -0.25) is 4.79 Å². The van der Waals surface area contributed by atoms with Gasteiger partial charge in [-0.1, -0.05) is 30.3 Å². The fourth-order valence-electron chi connectivity index (χ4n) is 1.71. The number of hydrogen-bond acceptors (Lipinski definition) is 2. The van der Waals surface area contributed by atoms with Crippen molar-refractivity contribution in [3.8, 4) is 0 Å². The minimum Gasteiger partial charge on any atom is -0.352 e. The van der Waals surface area contributed by atoms with Crippen LogP contribution in [-0.4, -0.2) is 12.5 Å². The summed E-state index contributed by atoms with van der Waals surface area (Å²) >= 11 is 1.78. The molecule has 0 fully saturated rings. The Hall–Kier alpha value is -1.74. The average Bonchev–Trinajstić information content (AvgIpc) is 2.47. The molecule has 1 amide bonds. The van der Waals surface area contributed by atoms with E-state index in [0.29, 0.717) is 12.1 Å². The van der Waals surface area contributed by atoms with E-state index in [1.54, 1.807) is 11.8 Å². The smallest absolute Gasteiger partial charge is 0.251 e. The van der Waals surface area contributed by atoms with Crippen LogP contribution in [0.3, 0.4) is 0 Å². The minimum atomic E-state index is -0.0119. The lowest BCUT2D eigenvalue weighted by Gasteiger charge is -2.04. The second-order valence-corrected chi connectivity index (χ2v) is 5.21. The topological polar surface area (TPSA) is 29.1 Å². The van der Waals surface area contributed by atoms with Crippen molar-refractivity contribution in [1.29, 1.82) is 0 Å². The number of carbonyl (C=O) groups excluding carboxylic acids is 1. The van der Waals surface area contributed by atoms with E-state index in [0.717, 1.165) is 5.75 Å². The molecular weight excluding hydrogens is 254 g/mol. The molecule has 0 aliphatic carbocycles. The highest BCUT2D eigenvalue weighted by Gasteiger charge is 2.03. The zero-order valence-electron chi connectivity index (χ0n) is 10.9. The van der Waals surface area contributed by atoms with E-state index in [1.807, 2.05) is 49.4 Å². The molecule has 0 unspecified atom stereocenters. The quantitative estimate of drug-likeness (QED) is 0.840. The van der Waals surface area contributed by atoms with Crippen molar-refractivity contribution in [2.45, 2.75) is 17.6 Å². The normalized spacial score (nSPS) is 10.2. The zero-order chi connectivity index (χ0) is 13.5. The van der Waals surface area contributed by atoms with Crippen LogP contribution in [0.1, 0.15) is 22.8 Å². The van der Waals surface area contributed by atoms with Gasteiger partial charge >= 0.3 is 0 Å². The Morgan fingerprint density at radius 2 is 1.74 bits per heavy atom. The highest BCUT2D eigenvalue weighted by atomic mass is 32.2. The fraction of sp³-hybridized carbons (Fsp3) is 0.188. The van der Waals surface area contributed by atoms with Gasteiger partial charge in [0.25, 0.3) is 5.91 Å². The Morgan fingerprint density at radius 3 is 2.37 bits per heavy atom. The lowest BCUT2D eigenvalue weighted by Crippen LogP contribution is -2.22. The van der Waals surface area contributed by atoms with Gasteiger partial charge in [-0.2, -0.15) is 0 Å². The first kappa shape index (κ1) is 13.7. The van der Waals surface area contributed by atoms with Crippen LogP contribution < -0.4 is 5.32 Å². The van der Waals surface area contributed by atoms with Gasteiger partial charge in [-0.15, -0.1) is 11.8 Å². The molecule has 0 aromatic heterocycles. The number of amides is 1. The van der Waals surface area contributed by atoms with E-state index in [9.17, 15) is 4.79 Å². The summed E-state index contributed by atoms with van der Waals surface area (Å²) in [7, 11) is 0. The molecule has 3 heteroatoms. The first-order valence-corrected chi connectivity index (χ1v) is 7.33. The van der Waals surface area contributed by atoms with Gasteiger partial charge in [-0.05, 0) is 36.8 Å². The van der Waals surface area contributed by atoms with E-state index in [2.05, 4.69) is 17.4 Å². The molecule has 98 valence electrons. The largest absolute Gasteiger partial charge is 0.352 e. The molecule has 2 aromatic rings. The van der Waals surface area contributed by atoms with Crippen LogP contribution in [0.15, 0.2) is 59.5 Å². The summed E-state index contributed by atoms with van der Waals surface area (Å²) in [5, 5.41) is 2.79. The number of rotatable bonds is 5. The van der Waals surface area contributed by atoms with Crippen molar-refractivity contribution in [1.82, 2.24) is 5.32 Å². The summed E-state index contributed by atoms with van der Waals surface area (Å²) in [6.45, 7) is 2.57. The van der Waals surface area contributed by atoms with Gasteiger partial charge in [0, 0.05) is 22.8 Å². The summed E-state index contributed by atoms with van der Waals surface area (Å²) in [5.74, 6) is 0.934. The van der Waals surface area contributed by atoms with Crippen LogP contribution in [0.5, 0.6) is 0 Å². The van der Waals surface area contributed by atoms with Crippen molar-refractivity contribution in [3.05, 3.63) is 65.7 Å². The fourth-order valence-corrected chi connectivity index (χ4v) is 2.56. The molecule has 0 aliphatic heterocycles. The molecule has 2 rings (SSSR count). The third kappa shape index (κ3) is 4.14. The van der Waals surface area contributed by atoms with Crippen molar-refractivity contribution < 1.29 is 4.79 Å². The predicted octanol–water partition coefficient (Wildman–Crippen LogP) is 3.73. The van der Waals surface area contributed by atoms with Gasteiger partial charge in [0.15, 0.2) is 0 Å². The van der Waals surface area contributed by atoms with Crippen molar-refractivity contribution in [2.24, 2.45) is 0 Å². The molecule has 19 heavy (non-hydrogen) atoms. The Labute approximate surface area is 118 Å². The number of carbonyl (C=O) groups is 1. The number of nitrogens with one attached hydrogen (secondary N) is 1. The molecule has 2 nitrogen and oxygen atoms in total. The highest BCUT2D eigenvalue weighted by Crippen LogP contribution is 2.22. The maximum atomic E-state index is 11.6. The molecule has 0 bridgehead atoms. The molecule has 0 heterocycles. The molecule has 0 atom stereocenters. The van der Waals surface area contributed by atoms with Gasteiger partial charge in [0.05, 0.1) is 0 Å². The van der Waals surface area contributed by atoms with Gasteiger partial charge in [-0.25, -0.2) is 0 Å². The Balaban J connectivity index is 1.94. The van der Waals surface area contributed by atoms with Crippen LogP contribution in [0.2, 0.25) is 0 Å². The van der Waals surface area contributed by atoms with Crippen LogP contribution >= 0.6 is 11.8 Å². The second kappa shape index (κ2) is 7.00. The maximum Gasteiger partial charge on any atom is 0.251 e.